The molecule has 3 rings (SSSR count). The molecule has 0 atom stereocenters. The second-order valence-corrected chi connectivity index (χ2v) is 6.23. The Bertz CT molecular complexity index is 929. The lowest BCUT2D eigenvalue weighted by atomic mass is 10.1. The third-order valence-corrected chi connectivity index (χ3v) is 4.29. The monoisotopic (exact) mass is 379 g/mol. The predicted octanol–water partition coefficient (Wildman–Crippen LogP) is 3.81. The van der Waals surface area contributed by atoms with Crippen LogP contribution in [0.25, 0.3) is 0 Å². The molecule has 2 aromatic carbocycles. The van der Waals surface area contributed by atoms with Gasteiger partial charge in [-0.1, -0.05) is 30.3 Å². The molecule has 2 N–H and O–H groups in total. The maximum atomic E-state index is 13.6. The molecule has 5 nitrogen and oxygen atoms in total. The number of halogens is 1. The summed E-state index contributed by atoms with van der Waals surface area (Å²) in [4.78, 5) is 16.6. The zero-order valence-corrected chi connectivity index (χ0v) is 15.6. The van der Waals surface area contributed by atoms with E-state index in [4.69, 9.17) is 4.74 Å². The second kappa shape index (κ2) is 9.50. The summed E-state index contributed by atoms with van der Waals surface area (Å²) in [6, 6.07) is 17.5. The Hall–Kier alpha value is -3.41. The predicted molar refractivity (Wildman–Crippen MR) is 107 cm³/mol. The standard InChI is InChI=1S/C22H22FN3O2/c1-28-19-8-6-16(7-9-19)15-26-22(27)18-11-13-25-21(14-18)24-12-10-17-4-2-3-5-20(17)23/h2-9,11,13-14H,10,12,15H2,1H3,(H,24,25)(H,26,27). The molecule has 0 unspecified atom stereocenters. The summed E-state index contributed by atoms with van der Waals surface area (Å²) in [5, 5.41) is 6.01. The van der Waals surface area contributed by atoms with E-state index in [1.165, 1.54) is 6.07 Å². The van der Waals surface area contributed by atoms with E-state index < -0.39 is 0 Å². The number of nitrogens with zero attached hydrogens (tertiary/aromatic N) is 1. The highest BCUT2D eigenvalue weighted by Crippen LogP contribution is 2.12. The Morgan fingerprint density at radius 1 is 1.11 bits per heavy atom. The van der Waals surface area contributed by atoms with Crippen molar-refractivity contribution in [2.24, 2.45) is 0 Å². The number of carbonyl (C=O) groups is 1. The second-order valence-electron chi connectivity index (χ2n) is 6.23. The molecule has 0 aliphatic carbocycles. The first-order valence-corrected chi connectivity index (χ1v) is 9.00. The number of amides is 1. The molecule has 0 spiro atoms. The van der Waals surface area contributed by atoms with Crippen molar-refractivity contribution >= 4 is 11.7 Å². The Morgan fingerprint density at radius 2 is 1.89 bits per heavy atom. The first-order chi connectivity index (χ1) is 13.7. The van der Waals surface area contributed by atoms with Crippen LogP contribution in [0.1, 0.15) is 21.5 Å². The maximum Gasteiger partial charge on any atom is 0.251 e. The number of nitrogens with one attached hydrogen (secondary N) is 2. The molecule has 0 radical (unpaired) electrons. The summed E-state index contributed by atoms with van der Waals surface area (Å²) in [5.74, 6) is 0.947. The fourth-order valence-electron chi connectivity index (χ4n) is 2.72. The summed E-state index contributed by atoms with van der Waals surface area (Å²) in [7, 11) is 1.61. The smallest absolute Gasteiger partial charge is 0.251 e. The van der Waals surface area contributed by atoms with E-state index in [1.807, 2.05) is 30.3 Å². The quantitative estimate of drug-likeness (QED) is 0.625. The number of hydrogen-bond acceptors (Lipinski definition) is 4. The van der Waals surface area contributed by atoms with Crippen LogP contribution in [0.15, 0.2) is 66.9 Å². The van der Waals surface area contributed by atoms with Crippen molar-refractivity contribution in [1.29, 1.82) is 0 Å². The highest BCUT2D eigenvalue weighted by atomic mass is 19.1. The van der Waals surface area contributed by atoms with Crippen LogP contribution in [-0.2, 0) is 13.0 Å². The molecule has 0 aliphatic heterocycles. The number of hydrogen-bond donors (Lipinski definition) is 2. The molecule has 1 aromatic heterocycles. The molecule has 0 saturated heterocycles. The number of pyridine rings is 1. The van der Waals surface area contributed by atoms with Crippen LogP contribution >= 0.6 is 0 Å². The third-order valence-electron chi connectivity index (χ3n) is 4.29. The van der Waals surface area contributed by atoms with Gasteiger partial charge < -0.3 is 15.4 Å². The normalized spacial score (nSPS) is 10.4. The zero-order valence-electron chi connectivity index (χ0n) is 15.6. The fraction of sp³-hybridized carbons (Fsp3) is 0.182. The molecule has 0 saturated carbocycles. The van der Waals surface area contributed by atoms with Gasteiger partial charge in [0, 0.05) is 24.8 Å². The number of ether oxygens (including phenoxy) is 1. The van der Waals surface area contributed by atoms with E-state index in [9.17, 15) is 9.18 Å². The van der Waals surface area contributed by atoms with E-state index in [0.717, 1.165) is 11.3 Å². The highest BCUT2D eigenvalue weighted by molar-refractivity contribution is 5.94. The van der Waals surface area contributed by atoms with Crippen molar-refractivity contribution in [3.8, 4) is 5.75 Å². The van der Waals surface area contributed by atoms with Gasteiger partial charge >= 0.3 is 0 Å². The lowest BCUT2D eigenvalue weighted by Crippen LogP contribution is -2.23. The lowest BCUT2D eigenvalue weighted by molar-refractivity contribution is 0.0951. The molecule has 144 valence electrons. The van der Waals surface area contributed by atoms with Crippen LogP contribution in [0.5, 0.6) is 5.75 Å². The molecule has 3 aromatic rings. The van der Waals surface area contributed by atoms with Gasteiger partial charge in [-0.05, 0) is 47.9 Å². The lowest BCUT2D eigenvalue weighted by Gasteiger charge is -2.09. The van der Waals surface area contributed by atoms with E-state index in [1.54, 1.807) is 37.6 Å². The van der Waals surface area contributed by atoms with Crippen LogP contribution in [0.2, 0.25) is 0 Å². The van der Waals surface area contributed by atoms with Crippen LogP contribution in [0, 0.1) is 5.82 Å². The summed E-state index contributed by atoms with van der Waals surface area (Å²) in [6.45, 7) is 0.937. The van der Waals surface area contributed by atoms with E-state index in [0.29, 0.717) is 36.5 Å². The van der Waals surface area contributed by atoms with Crippen LogP contribution in [-0.4, -0.2) is 24.5 Å². The molecular weight excluding hydrogens is 357 g/mol. The number of aromatic nitrogens is 1. The van der Waals surface area contributed by atoms with Gasteiger partial charge in [-0.15, -0.1) is 0 Å². The van der Waals surface area contributed by atoms with E-state index in [2.05, 4.69) is 15.6 Å². The molecule has 28 heavy (non-hydrogen) atoms. The van der Waals surface area contributed by atoms with Gasteiger partial charge in [0.2, 0.25) is 0 Å². The Morgan fingerprint density at radius 3 is 2.64 bits per heavy atom. The van der Waals surface area contributed by atoms with Gasteiger partial charge in [-0.25, -0.2) is 9.37 Å². The summed E-state index contributed by atoms with van der Waals surface area (Å²) < 4.78 is 18.8. The van der Waals surface area contributed by atoms with Crippen molar-refractivity contribution in [2.75, 3.05) is 19.0 Å². The van der Waals surface area contributed by atoms with Crippen molar-refractivity contribution in [3.05, 3.63) is 89.4 Å². The van der Waals surface area contributed by atoms with Gasteiger partial charge in [0.25, 0.3) is 5.91 Å². The molecule has 0 bridgehead atoms. The maximum absolute atomic E-state index is 13.6. The third kappa shape index (κ3) is 5.30. The first-order valence-electron chi connectivity index (χ1n) is 9.00. The van der Waals surface area contributed by atoms with Gasteiger partial charge in [-0.2, -0.15) is 0 Å². The van der Waals surface area contributed by atoms with Gasteiger partial charge in [0.1, 0.15) is 17.4 Å². The van der Waals surface area contributed by atoms with Crippen molar-refractivity contribution in [2.45, 2.75) is 13.0 Å². The average Bonchev–Trinajstić information content (AvgIpc) is 2.74. The van der Waals surface area contributed by atoms with Crippen LogP contribution < -0.4 is 15.4 Å². The van der Waals surface area contributed by atoms with Gasteiger partial charge in [0.15, 0.2) is 0 Å². The minimum absolute atomic E-state index is 0.185. The Labute approximate surface area is 163 Å². The summed E-state index contributed by atoms with van der Waals surface area (Å²) in [5.41, 5.74) is 2.13. The topological polar surface area (TPSA) is 63.2 Å². The largest absolute Gasteiger partial charge is 0.497 e. The number of rotatable bonds is 8. The minimum Gasteiger partial charge on any atom is -0.497 e. The molecule has 0 fully saturated rings. The molecule has 1 amide bonds. The van der Waals surface area contributed by atoms with Crippen LogP contribution in [0.3, 0.4) is 0 Å². The summed E-state index contributed by atoms with van der Waals surface area (Å²) >= 11 is 0. The van der Waals surface area contributed by atoms with Crippen LogP contribution in [0.4, 0.5) is 10.2 Å². The first kappa shape index (κ1) is 19.4. The number of anilines is 1. The fourth-order valence-corrected chi connectivity index (χ4v) is 2.72. The summed E-state index contributed by atoms with van der Waals surface area (Å²) in [6.07, 6.45) is 2.11. The van der Waals surface area contributed by atoms with E-state index >= 15 is 0 Å². The van der Waals surface area contributed by atoms with Gasteiger partial charge in [-0.3, -0.25) is 4.79 Å². The van der Waals surface area contributed by atoms with Crippen molar-refractivity contribution in [3.63, 3.8) is 0 Å². The molecule has 0 aliphatic rings. The number of methoxy groups -OCH3 is 1. The molecule has 6 heteroatoms. The highest BCUT2D eigenvalue weighted by Gasteiger charge is 2.07. The van der Waals surface area contributed by atoms with Crippen molar-refractivity contribution in [1.82, 2.24) is 10.3 Å². The van der Waals surface area contributed by atoms with Gasteiger partial charge in [0.05, 0.1) is 7.11 Å². The van der Waals surface area contributed by atoms with Crippen molar-refractivity contribution < 1.29 is 13.9 Å². The Balaban J connectivity index is 1.53. The number of benzene rings is 2. The SMILES string of the molecule is COc1ccc(CNC(=O)c2ccnc(NCCc3ccccc3F)c2)cc1. The zero-order chi connectivity index (χ0) is 19.8. The van der Waals surface area contributed by atoms with E-state index in [-0.39, 0.29) is 11.7 Å². The molecular formula is C22H22FN3O2. The Kier molecular flexibility index (Phi) is 6.57. The number of carbonyl (C=O) groups excluding carboxylic acids is 1. The minimum atomic E-state index is -0.219. The average molecular weight is 379 g/mol. The molecule has 1 heterocycles.